The van der Waals surface area contributed by atoms with Gasteiger partial charge in [-0.25, -0.2) is 19.2 Å². The van der Waals surface area contributed by atoms with E-state index in [1.807, 2.05) is 0 Å². The van der Waals surface area contributed by atoms with E-state index in [2.05, 4.69) is 13.2 Å². The van der Waals surface area contributed by atoms with Gasteiger partial charge < -0.3 is 18.9 Å². The summed E-state index contributed by atoms with van der Waals surface area (Å²) in [5, 5.41) is 0. The molecular weight excluding hydrogens is 368 g/mol. The van der Waals surface area contributed by atoms with Crippen LogP contribution in [0.2, 0.25) is 0 Å². The minimum absolute atomic E-state index is 0.0921. The first kappa shape index (κ1) is 22.6. The molecule has 8 nitrogen and oxygen atoms in total. The summed E-state index contributed by atoms with van der Waals surface area (Å²) in [5.41, 5.74) is -0.184. The second-order valence-corrected chi connectivity index (χ2v) is 5.31. The molecule has 2 atom stereocenters. The maximum atomic E-state index is 12.4. The van der Waals surface area contributed by atoms with Gasteiger partial charge in [0.1, 0.15) is 0 Å². The fourth-order valence-corrected chi connectivity index (χ4v) is 1.94. The van der Waals surface area contributed by atoms with Gasteiger partial charge in [0.15, 0.2) is 0 Å². The molecule has 0 spiro atoms. The lowest BCUT2D eigenvalue weighted by atomic mass is 10.1. The maximum absolute atomic E-state index is 12.4. The largest absolute Gasteiger partial charge is 0.422 e. The van der Waals surface area contributed by atoms with E-state index in [0.717, 1.165) is 12.2 Å². The van der Waals surface area contributed by atoms with Crippen molar-refractivity contribution in [2.75, 3.05) is 0 Å². The molecule has 0 fully saturated rings. The summed E-state index contributed by atoms with van der Waals surface area (Å²) in [5.74, 6) is -3.26. The van der Waals surface area contributed by atoms with Gasteiger partial charge in [-0.3, -0.25) is 0 Å². The first-order valence-electron chi connectivity index (χ1n) is 8.53. The highest BCUT2D eigenvalue weighted by molar-refractivity contribution is 6.03. The summed E-state index contributed by atoms with van der Waals surface area (Å²) >= 11 is 0. The molecule has 1 aromatic rings. The van der Waals surface area contributed by atoms with Gasteiger partial charge in [-0.05, 0) is 12.1 Å². The lowest BCUT2D eigenvalue weighted by molar-refractivity contribution is -0.164. The predicted octanol–water partition coefficient (Wildman–Crippen LogP) is 2.93. The summed E-state index contributed by atoms with van der Waals surface area (Å²) in [6.07, 6.45) is 0.00727. The summed E-state index contributed by atoms with van der Waals surface area (Å²) in [4.78, 5) is 47.5. The van der Waals surface area contributed by atoms with Gasteiger partial charge in [0.05, 0.1) is 11.1 Å². The third-order valence-electron chi connectivity index (χ3n) is 3.34. The average Bonchev–Trinajstić information content (AvgIpc) is 2.71. The average molecular weight is 390 g/mol. The van der Waals surface area contributed by atoms with Crippen LogP contribution in [0.4, 0.5) is 0 Å². The molecular formula is C20H22O8. The Morgan fingerprint density at radius 3 is 1.43 bits per heavy atom. The Morgan fingerprint density at radius 2 is 1.14 bits per heavy atom. The molecule has 0 bridgehead atoms. The molecule has 1 aromatic carbocycles. The van der Waals surface area contributed by atoms with Crippen LogP contribution in [0.5, 0.6) is 0 Å². The highest BCUT2D eigenvalue weighted by Crippen LogP contribution is 2.16. The first-order valence-corrected chi connectivity index (χ1v) is 8.53. The van der Waals surface area contributed by atoms with Crippen molar-refractivity contribution >= 4 is 23.9 Å². The van der Waals surface area contributed by atoms with Crippen LogP contribution < -0.4 is 0 Å². The highest BCUT2D eigenvalue weighted by atomic mass is 16.7. The Bertz CT molecular complexity index is 689. The van der Waals surface area contributed by atoms with Crippen LogP contribution in [0.15, 0.2) is 49.6 Å². The van der Waals surface area contributed by atoms with Crippen molar-refractivity contribution in [2.24, 2.45) is 0 Å². The van der Waals surface area contributed by atoms with Crippen LogP contribution in [0.25, 0.3) is 0 Å². The van der Waals surface area contributed by atoms with Crippen molar-refractivity contribution in [1.82, 2.24) is 0 Å². The number of carbonyl (C=O) groups excluding carboxylic acids is 4. The zero-order chi connectivity index (χ0) is 21.1. The van der Waals surface area contributed by atoms with Crippen LogP contribution >= 0.6 is 0 Å². The van der Waals surface area contributed by atoms with Crippen LogP contribution in [0.1, 0.15) is 47.4 Å². The first-order chi connectivity index (χ1) is 13.4. The summed E-state index contributed by atoms with van der Waals surface area (Å²) in [7, 11) is 0. The number of benzene rings is 1. The molecule has 1 rings (SSSR count). The zero-order valence-corrected chi connectivity index (χ0v) is 15.7. The summed E-state index contributed by atoms with van der Waals surface area (Å²) in [6.45, 7) is 9.83. The molecule has 0 aromatic heterocycles. The predicted molar refractivity (Wildman–Crippen MR) is 98.0 cm³/mol. The third-order valence-corrected chi connectivity index (χ3v) is 3.34. The Hall–Kier alpha value is -3.42. The number of ether oxygens (including phenoxy) is 4. The second-order valence-electron chi connectivity index (χ2n) is 5.31. The minimum Gasteiger partial charge on any atom is -0.422 e. The van der Waals surface area contributed by atoms with E-state index < -0.39 is 36.5 Å². The van der Waals surface area contributed by atoms with Crippen molar-refractivity contribution in [3.05, 3.63) is 60.7 Å². The molecule has 150 valence electrons. The normalized spacial score (nSPS) is 12.1. The molecule has 0 aliphatic heterocycles. The number of esters is 4. The van der Waals surface area contributed by atoms with Gasteiger partial charge in [0, 0.05) is 25.0 Å². The van der Waals surface area contributed by atoms with E-state index in [1.54, 1.807) is 13.8 Å². The molecule has 2 unspecified atom stereocenters. The van der Waals surface area contributed by atoms with Crippen LogP contribution in [0, 0.1) is 0 Å². The quantitative estimate of drug-likeness (QED) is 0.341. The Kier molecular flexibility index (Phi) is 9.15. The number of carbonyl (C=O) groups is 4. The monoisotopic (exact) mass is 390 g/mol. The SMILES string of the molecule is C=CC(=O)OC(CC)OC(=O)c1ccccc1C(=O)OC(CC)OC(=O)C=C. The second kappa shape index (κ2) is 11.3. The van der Waals surface area contributed by atoms with Crippen molar-refractivity contribution in [3.8, 4) is 0 Å². The third kappa shape index (κ3) is 6.71. The van der Waals surface area contributed by atoms with Gasteiger partial charge >= 0.3 is 23.9 Å². The summed E-state index contributed by atoms with van der Waals surface area (Å²) in [6, 6.07) is 5.77. The molecule has 0 heterocycles. The molecule has 0 aliphatic rings. The van der Waals surface area contributed by atoms with Crippen molar-refractivity contribution in [2.45, 2.75) is 39.3 Å². The van der Waals surface area contributed by atoms with Gasteiger partial charge in [-0.1, -0.05) is 39.1 Å². The molecule has 8 heteroatoms. The smallest absolute Gasteiger partial charge is 0.342 e. The number of hydrogen-bond acceptors (Lipinski definition) is 8. The Balaban J connectivity index is 2.95. The molecule has 0 aliphatic carbocycles. The fraction of sp³-hybridized carbons (Fsp3) is 0.300. The maximum Gasteiger partial charge on any atom is 0.342 e. The molecule has 0 amide bonds. The molecule has 0 saturated carbocycles. The van der Waals surface area contributed by atoms with Crippen LogP contribution in [-0.2, 0) is 28.5 Å². The molecule has 28 heavy (non-hydrogen) atoms. The molecule has 0 N–H and O–H groups in total. The van der Waals surface area contributed by atoms with E-state index in [1.165, 1.54) is 24.3 Å². The topological polar surface area (TPSA) is 105 Å². The Morgan fingerprint density at radius 1 is 0.786 bits per heavy atom. The van der Waals surface area contributed by atoms with E-state index in [0.29, 0.717) is 0 Å². The standard InChI is InChI=1S/C20H22O8/c1-5-15(21)25-17(7-3)27-19(23)13-11-9-10-12-14(13)20(24)28-18(8-4)26-16(22)6-2/h5-6,9-12,17-18H,1-2,7-8H2,3-4H3. The summed E-state index contributed by atoms with van der Waals surface area (Å²) < 4.78 is 20.0. The van der Waals surface area contributed by atoms with Crippen molar-refractivity contribution in [3.63, 3.8) is 0 Å². The van der Waals surface area contributed by atoms with E-state index >= 15 is 0 Å². The fourth-order valence-electron chi connectivity index (χ4n) is 1.94. The lowest BCUT2D eigenvalue weighted by Gasteiger charge is -2.18. The van der Waals surface area contributed by atoms with Crippen LogP contribution in [-0.4, -0.2) is 36.5 Å². The molecule has 0 radical (unpaired) electrons. The van der Waals surface area contributed by atoms with E-state index in [-0.39, 0.29) is 24.0 Å². The molecule has 0 saturated heterocycles. The Labute approximate surface area is 162 Å². The van der Waals surface area contributed by atoms with Gasteiger partial charge in [0.25, 0.3) is 0 Å². The van der Waals surface area contributed by atoms with Gasteiger partial charge in [0.2, 0.25) is 12.6 Å². The number of rotatable bonds is 10. The number of hydrogen-bond donors (Lipinski definition) is 0. The van der Waals surface area contributed by atoms with Crippen molar-refractivity contribution in [1.29, 1.82) is 0 Å². The minimum atomic E-state index is -1.14. The van der Waals surface area contributed by atoms with E-state index in [9.17, 15) is 19.2 Å². The van der Waals surface area contributed by atoms with Gasteiger partial charge in [-0.15, -0.1) is 0 Å². The zero-order valence-electron chi connectivity index (χ0n) is 15.7. The highest BCUT2D eigenvalue weighted by Gasteiger charge is 2.25. The lowest BCUT2D eigenvalue weighted by Crippen LogP contribution is -2.26. The van der Waals surface area contributed by atoms with Gasteiger partial charge in [-0.2, -0.15) is 0 Å². The van der Waals surface area contributed by atoms with E-state index in [4.69, 9.17) is 18.9 Å². The van der Waals surface area contributed by atoms with Crippen LogP contribution in [0.3, 0.4) is 0 Å². The van der Waals surface area contributed by atoms with Crippen molar-refractivity contribution < 1.29 is 38.1 Å².